The quantitative estimate of drug-likeness (QED) is 0.922. The summed E-state index contributed by atoms with van der Waals surface area (Å²) in [5.41, 5.74) is 4.12. The molecule has 1 aromatic carbocycles. The van der Waals surface area contributed by atoms with Gasteiger partial charge in [-0.05, 0) is 50.1 Å². The van der Waals surface area contributed by atoms with Crippen LogP contribution in [0, 0.1) is 13.8 Å². The van der Waals surface area contributed by atoms with E-state index in [1.807, 2.05) is 49.8 Å². The standard InChI is InChI=1S/C17H24N4O2/c1-12-16(13(2)21(4)19-12)10-11-20(3)17(22)18-14-6-8-15(23-5)9-7-14/h6-9H,10-11H2,1-5H3,(H,18,22). The molecule has 0 saturated carbocycles. The number of nitrogens with zero attached hydrogens (tertiary/aromatic N) is 3. The number of methoxy groups -OCH3 is 1. The molecule has 1 aromatic heterocycles. The summed E-state index contributed by atoms with van der Waals surface area (Å²) in [5, 5.41) is 7.28. The highest BCUT2D eigenvalue weighted by Gasteiger charge is 2.13. The van der Waals surface area contributed by atoms with E-state index in [1.54, 1.807) is 19.1 Å². The van der Waals surface area contributed by atoms with E-state index >= 15 is 0 Å². The maximum Gasteiger partial charge on any atom is 0.321 e. The lowest BCUT2D eigenvalue weighted by Gasteiger charge is -2.18. The Hall–Kier alpha value is -2.50. The van der Waals surface area contributed by atoms with Gasteiger partial charge in [0.15, 0.2) is 0 Å². The van der Waals surface area contributed by atoms with Crippen LogP contribution in [0.25, 0.3) is 0 Å². The molecule has 23 heavy (non-hydrogen) atoms. The number of urea groups is 1. The number of likely N-dealkylation sites (N-methyl/N-ethyl adjacent to an activating group) is 1. The lowest BCUT2D eigenvalue weighted by molar-refractivity contribution is 0.223. The van der Waals surface area contributed by atoms with E-state index in [9.17, 15) is 4.79 Å². The normalized spacial score (nSPS) is 10.5. The van der Waals surface area contributed by atoms with E-state index in [4.69, 9.17) is 4.74 Å². The summed E-state index contributed by atoms with van der Waals surface area (Å²) in [4.78, 5) is 13.9. The largest absolute Gasteiger partial charge is 0.497 e. The third-order valence-electron chi connectivity index (χ3n) is 4.04. The van der Waals surface area contributed by atoms with Gasteiger partial charge in [-0.3, -0.25) is 4.68 Å². The molecule has 0 bridgehead atoms. The summed E-state index contributed by atoms with van der Waals surface area (Å²) >= 11 is 0. The van der Waals surface area contributed by atoms with Crippen LogP contribution in [-0.2, 0) is 13.5 Å². The molecule has 6 nitrogen and oxygen atoms in total. The van der Waals surface area contributed by atoms with Crippen molar-refractivity contribution in [2.24, 2.45) is 7.05 Å². The fourth-order valence-electron chi connectivity index (χ4n) is 2.45. The Morgan fingerprint density at radius 2 is 1.96 bits per heavy atom. The molecule has 1 heterocycles. The van der Waals surface area contributed by atoms with Crippen LogP contribution in [0.2, 0.25) is 0 Å². The number of rotatable bonds is 5. The first-order valence-corrected chi connectivity index (χ1v) is 7.57. The van der Waals surface area contributed by atoms with Crippen LogP contribution in [0.4, 0.5) is 10.5 Å². The summed E-state index contributed by atoms with van der Waals surface area (Å²) in [5.74, 6) is 0.763. The maximum absolute atomic E-state index is 12.2. The van der Waals surface area contributed by atoms with Gasteiger partial charge in [-0.2, -0.15) is 5.10 Å². The van der Waals surface area contributed by atoms with Gasteiger partial charge in [0.2, 0.25) is 0 Å². The number of anilines is 1. The van der Waals surface area contributed by atoms with E-state index in [-0.39, 0.29) is 6.03 Å². The van der Waals surface area contributed by atoms with Crippen molar-refractivity contribution in [3.63, 3.8) is 0 Å². The van der Waals surface area contributed by atoms with Crippen LogP contribution in [0.1, 0.15) is 17.0 Å². The second-order valence-corrected chi connectivity index (χ2v) is 5.60. The highest BCUT2D eigenvalue weighted by Crippen LogP contribution is 2.16. The number of hydrogen-bond donors (Lipinski definition) is 1. The summed E-state index contributed by atoms with van der Waals surface area (Å²) < 4.78 is 6.98. The SMILES string of the molecule is COc1ccc(NC(=O)N(C)CCc2c(C)nn(C)c2C)cc1. The molecule has 0 saturated heterocycles. The van der Waals surface area contributed by atoms with Crippen molar-refractivity contribution in [2.45, 2.75) is 20.3 Å². The maximum atomic E-state index is 12.2. The number of benzene rings is 1. The molecule has 0 unspecified atom stereocenters. The summed E-state index contributed by atoms with van der Waals surface area (Å²) in [7, 11) is 5.34. The Bertz CT molecular complexity index is 677. The van der Waals surface area contributed by atoms with Crippen molar-refractivity contribution < 1.29 is 9.53 Å². The topological polar surface area (TPSA) is 59.4 Å². The van der Waals surface area contributed by atoms with Crippen LogP contribution < -0.4 is 10.1 Å². The molecule has 0 aliphatic rings. The number of aryl methyl sites for hydroxylation is 2. The molecule has 6 heteroatoms. The average molecular weight is 316 g/mol. The number of nitrogens with one attached hydrogen (secondary N) is 1. The molecule has 0 aliphatic carbocycles. The molecule has 2 amide bonds. The zero-order valence-corrected chi connectivity index (χ0v) is 14.4. The van der Waals surface area contributed by atoms with Crippen LogP contribution in [0.3, 0.4) is 0 Å². The highest BCUT2D eigenvalue weighted by molar-refractivity contribution is 5.89. The van der Waals surface area contributed by atoms with Crippen molar-refractivity contribution in [2.75, 3.05) is 26.0 Å². The van der Waals surface area contributed by atoms with Gasteiger partial charge in [0.05, 0.1) is 12.8 Å². The van der Waals surface area contributed by atoms with E-state index in [1.165, 1.54) is 5.56 Å². The average Bonchev–Trinajstić information content (AvgIpc) is 2.78. The minimum Gasteiger partial charge on any atom is -0.497 e. The fraction of sp³-hybridized carbons (Fsp3) is 0.412. The van der Waals surface area contributed by atoms with Crippen LogP contribution in [-0.4, -0.2) is 41.4 Å². The van der Waals surface area contributed by atoms with E-state index < -0.39 is 0 Å². The first-order chi connectivity index (χ1) is 10.9. The Balaban J connectivity index is 1.91. The minimum atomic E-state index is -0.130. The van der Waals surface area contributed by atoms with E-state index in [0.717, 1.165) is 29.2 Å². The van der Waals surface area contributed by atoms with Gasteiger partial charge in [-0.15, -0.1) is 0 Å². The Labute approximate surface area is 137 Å². The smallest absolute Gasteiger partial charge is 0.321 e. The molecule has 124 valence electrons. The number of hydrogen-bond acceptors (Lipinski definition) is 3. The van der Waals surface area contributed by atoms with Gasteiger partial charge >= 0.3 is 6.03 Å². The summed E-state index contributed by atoms with van der Waals surface area (Å²) in [6.45, 7) is 4.68. The Morgan fingerprint density at radius 1 is 1.30 bits per heavy atom. The third-order valence-corrected chi connectivity index (χ3v) is 4.04. The molecule has 2 rings (SSSR count). The monoisotopic (exact) mass is 316 g/mol. The fourth-order valence-corrected chi connectivity index (χ4v) is 2.45. The van der Waals surface area contributed by atoms with Crippen LogP contribution in [0.5, 0.6) is 5.75 Å². The van der Waals surface area contributed by atoms with Gasteiger partial charge in [0.1, 0.15) is 5.75 Å². The number of ether oxygens (including phenoxy) is 1. The van der Waals surface area contributed by atoms with Crippen LogP contribution >= 0.6 is 0 Å². The molecule has 1 N–H and O–H groups in total. The summed E-state index contributed by atoms with van der Waals surface area (Å²) in [6, 6.07) is 7.14. The zero-order chi connectivity index (χ0) is 17.0. The number of carbonyl (C=O) groups is 1. The van der Waals surface area contributed by atoms with Crippen LogP contribution in [0.15, 0.2) is 24.3 Å². The Morgan fingerprint density at radius 3 is 2.48 bits per heavy atom. The molecule has 0 spiro atoms. The highest BCUT2D eigenvalue weighted by atomic mass is 16.5. The van der Waals surface area contributed by atoms with Gasteiger partial charge < -0.3 is 15.0 Å². The second-order valence-electron chi connectivity index (χ2n) is 5.60. The van der Waals surface area contributed by atoms with Gasteiger partial charge in [0.25, 0.3) is 0 Å². The van der Waals surface area contributed by atoms with Gasteiger partial charge in [-0.1, -0.05) is 0 Å². The van der Waals surface area contributed by atoms with E-state index in [2.05, 4.69) is 10.4 Å². The Kier molecular flexibility index (Phi) is 5.26. The van der Waals surface area contributed by atoms with Crippen molar-refractivity contribution in [3.05, 3.63) is 41.2 Å². The molecule has 0 radical (unpaired) electrons. The first kappa shape index (κ1) is 16.9. The minimum absolute atomic E-state index is 0.130. The molecular formula is C17H24N4O2. The predicted molar refractivity (Wildman–Crippen MR) is 91.0 cm³/mol. The predicted octanol–water partition coefficient (Wildman–Crippen LogP) is 2.75. The molecule has 0 aliphatic heterocycles. The number of amides is 2. The van der Waals surface area contributed by atoms with Crippen molar-refractivity contribution in [3.8, 4) is 5.75 Å². The summed E-state index contributed by atoms with van der Waals surface area (Å²) in [6.07, 6.45) is 0.790. The lowest BCUT2D eigenvalue weighted by Crippen LogP contribution is -2.33. The van der Waals surface area contributed by atoms with Crippen molar-refractivity contribution in [1.29, 1.82) is 0 Å². The molecule has 0 fully saturated rings. The van der Waals surface area contributed by atoms with Crippen molar-refractivity contribution >= 4 is 11.7 Å². The van der Waals surface area contributed by atoms with Gasteiger partial charge in [-0.25, -0.2) is 4.79 Å². The first-order valence-electron chi connectivity index (χ1n) is 7.57. The zero-order valence-electron chi connectivity index (χ0n) is 14.4. The third kappa shape index (κ3) is 4.03. The molecular weight excluding hydrogens is 292 g/mol. The lowest BCUT2D eigenvalue weighted by atomic mass is 10.1. The molecule has 2 aromatic rings. The molecule has 0 atom stereocenters. The number of aromatic nitrogens is 2. The van der Waals surface area contributed by atoms with Gasteiger partial charge in [0, 0.05) is 32.0 Å². The second kappa shape index (κ2) is 7.17. The van der Waals surface area contributed by atoms with E-state index in [0.29, 0.717) is 6.54 Å². The number of carbonyl (C=O) groups excluding carboxylic acids is 1. The van der Waals surface area contributed by atoms with Crippen molar-refractivity contribution in [1.82, 2.24) is 14.7 Å².